The Morgan fingerprint density at radius 3 is 2.68 bits per heavy atom. The maximum atomic E-state index is 12.3. The highest BCUT2D eigenvalue weighted by Crippen LogP contribution is 2.41. The largest absolute Gasteiger partial charge is 0.375 e. The van der Waals surface area contributed by atoms with E-state index in [1.165, 1.54) is 44.9 Å². The second kappa shape index (κ2) is 5.92. The van der Waals surface area contributed by atoms with Crippen LogP contribution in [0.5, 0.6) is 0 Å². The van der Waals surface area contributed by atoms with Crippen molar-refractivity contribution in [3.8, 4) is 0 Å². The van der Waals surface area contributed by atoms with Crippen molar-refractivity contribution in [1.82, 2.24) is 5.32 Å². The van der Waals surface area contributed by atoms with Gasteiger partial charge in [-0.05, 0) is 38.5 Å². The molecule has 1 saturated heterocycles. The predicted molar refractivity (Wildman–Crippen MR) is 75.1 cm³/mol. The quantitative estimate of drug-likeness (QED) is 0.830. The van der Waals surface area contributed by atoms with E-state index in [0.717, 1.165) is 32.4 Å². The van der Waals surface area contributed by atoms with Gasteiger partial charge in [0.2, 0.25) is 0 Å². The Kier molecular flexibility index (Phi) is 4.23. The Morgan fingerprint density at radius 2 is 1.95 bits per heavy atom. The Morgan fingerprint density at radius 1 is 1.16 bits per heavy atom. The van der Waals surface area contributed by atoms with Crippen LogP contribution < -0.4 is 5.32 Å². The Labute approximate surface area is 116 Å². The van der Waals surface area contributed by atoms with Crippen LogP contribution in [0.2, 0.25) is 0 Å². The molecule has 0 aromatic heterocycles. The molecule has 3 aliphatic rings. The van der Waals surface area contributed by atoms with Gasteiger partial charge in [0, 0.05) is 31.5 Å². The van der Waals surface area contributed by atoms with E-state index in [1.54, 1.807) is 0 Å². The molecule has 3 heteroatoms. The molecule has 108 valence electrons. The van der Waals surface area contributed by atoms with Crippen LogP contribution in [0, 0.1) is 5.92 Å². The minimum Gasteiger partial charge on any atom is -0.375 e. The summed E-state index contributed by atoms with van der Waals surface area (Å²) in [5.41, 5.74) is 0.0702. The first-order chi connectivity index (χ1) is 9.27. The van der Waals surface area contributed by atoms with Gasteiger partial charge in [-0.2, -0.15) is 0 Å². The molecule has 2 aliphatic carbocycles. The number of ether oxygens (including phenoxy) is 1. The average Bonchev–Trinajstić information content (AvgIpc) is 3.24. The smallest absolute Gasteiger partial charge is 0.137 e. The molecule has 1 aliphatic heterocycles. The van der Waals surface area contributed by atoms with Gasteiger partial charge in [-0.15, -0.1) is 0 Å². The number of hydrogen-bond acceptors (Lipinski definition) is 3. The number of hydrogen-bond donors (Lipinski definition) is 1. The fourth-order valence-electron chi connectivity index (χ4n) is 3.74. The lowest BCUT2D eigenvalue weighted by Gasteiger charge is -2.43. The van der Waals surface area contributed by atoms with Crippen molar-refractivity contribution in [2.45, 2.75) is 75.9 Å². The second-order valence-electron chi connectivity index (χ2n) is 6.73. The van der Waals surface area contributed by atoms with Crippen molar-refractivity contribution in [2.75, 3.05) is 13.2 Å². The zero-order valence-corrected chi connectivity index (χ0v) is 12.0. The van der Waals surface area contributed by atoms with E-state index in [-0.39, 0.29) is 11.5 Å². The molecule has 3 rings (SSSR count). The van der Waals surface area contributed by atoms with Gasteiger partial charge in [0.25, 0.3) is 0 Å². The molecule has 0 bridgehead atoms. The van der Waals surface area contributed by atoms with E-state index in [9.17, 15) is 4.79 Å². The van der Waals surface area contributed by atoms with Crippen LogP contribution in [-0.4, -0.2) is 30.6 Å². The number of ketones is 1. The number of carbonyl (C=O) groups excluding carboxylic acids is 1. The second-order valence-corrected chi connectivity index (χ2v) is 6.73. The average molecular weight is 265 g/mol. The first-order valence-corrected chi connectivity index (χ1v) is 8.18. The summed E-state index contributed by atoms with van der Waals surface area (Å²) in [6.45, 7) is 1.68. The molecule has 1 heterocycles. The van der Waals surface area contributed by atoms with Crippen LogP contribution in [0.3, 0.4) is 0 Å². The van der Waals surface area contributed by atoms with Gasteiger partial charge in [0.05, 0.1) is 5.60 Å². The molecule has 1 N–H and O–H groups in total. The fraction of sp³-hybridized carbons (Fsp3) is 0.938. The molecular formula is C16H27NO2. The normalized spacial score (nSPS) is 30.4. The lowest BCUT2D eigenvalue weighted by Crippen LogP contribution is -2.43. The summed E-state index contributed by atoms with van der Waals surface area (Å²) in [6, 6.07) is 0.715. The highest BCUT2D eigenvalue weighted by atomic mass is 16.5. The summed E-state index contributed by atoms with van der Waals surface area (Å²) in [7, 11) is 0. The summed E-state index contributed by atoms with van der Waals surface area (Å²) in [5.74, 6) is 0.745. The van der Waals surface area contributed by atoms with E-state index in [4.69, 9.17) is 4.74 Å². The highest BCUT2D eigenvalue weighted by Gasteiger charge is 2.40. The van der Waals surface area contributed by atoms with E-state index < -0.39 is 0 Å². The molecule has 3 fully saturated rings. The zero-order chi connectivity index (χ0) is 13.1. The summed E-state index contributed by atoms with van der Waals surface area (Å²) in [4.78, 5) is 12.3. The van der Waals surface area contributed by atoms with E-state index in [2.05, 4.69) is 5.32 Å². The molecule has 0 aromatic rings. The molecule has 1 spiro atoms. The molecular weight excluding hydrogens is 238 g/mol. The molecule has 3 nitrogen and oxygen atoms in total. The summed E-state index contributed by atoms with van der Waals surface area (Å²) >= 11 is 0. The first kappa shape index (κ1) is 13.6. The highest BCUT2D eigenvalue weighted by molar-refractivity contribution is 5.81. The molecule has 19 heavy (non-hydrogen) atoms. The minimum atomic E-state index is 0.0702. The summed E-state index contributed by atoms with van der Waals surface area (Å²) < 4.78 is 6.07. The monoisotopic (exact) mass is 265 g/mol. The maximum absolute atomic E-state index is 12.3. The maximum Gasteiger partial charge on any atom is 0.137 e. The van der Waals surface area contributed by atoms with Gasteiger partial charge in [0.15, 0.2) is 0 Å². The minimum absolute atomic E-state index is 0.0702. The number of carbonyl (C=O) groups is 1. The molecule has 1 unspecified atom stereocenters. The molecule has 1 atom stereocenters. The van der Waals surface area contributed by atoms with Gasteiger partial charge >= 0.3 is 0 Å². The van der Waals surface area contributed by atoms with Crippen molar-refractivity contribution in [3.63, 3.8) is 0 Å². The third-order valence-electron chi connectivity index (χ3n) is 5.09. The SMILES string of the molecule is O=C(CCNC1CC1)C1CCOC2(CCCCC2)C1. The van der Waals surface area contributed by atoms with E-state index in [0.29, 0.717) is 11.8 Å². The first-order valence-electron chi connectivity index (χ1n) is 8.18. The van der Waals surface area contributed by atoms with Crippen LogP contribution >= 0.6 is 0 Å². The van der Waals surface area contributed by atoms with Crippen molar-refractivity contribution in [3.05, 3.63) is 0 Å². The summed E-state index contributed by atoms with van der Waals surface area (Å²) in [6.07, 6.45) is 11.5. The number of nitrogens with one attached hydrogen (secondary N) is 1. The molecule has 2 saturated carbocycles. The fourth-order valence-corrected chi connectivity index (χ4v) is 3.74. The van der Waals surface area contributed by atoms with Crippen LogP contribution in [0.25, 0.3) is 0 Å². The van der Waals surface area contributed by atoms with Crippen LogP contribution in [0.4, 0.5) is 0 Å². The van der Waals surface area contributed by atoms with Gasteiger partial charge in [-0.1, -0.05) is 19.3 Å². The summed E-state index contributed by atoms with van der Waals surface area (Å²) in [5, 5.41) is 3.45. The van der Waals surface area contributed by atoms with E-state index in [1.807, 2.05) is 0 Å². The van der Waals surface area contributed by atoms with Crippen LogP contribution in [-0.2, 0) is 9.53 Å². The van der Waals surface area contributed by atoms with Crippen LogP contribution in [0.15, 0.2) is 0 Å². The molecule has 0 amide bonds. The van der Waals surface area contributed by atoms with Gasteiger partial charge < -0.3 is 10.1 Å². The van der Waals surface area contributed by atoms with Gasteiger partial charge in [0.1, 0.15) is 5.78 Å². The number of Topliss-reactive ketones (excluding diaryl/α,β-unsaturated/α-hetero) is 1. The standard InChI is InChI=1S/C16H27NO2/c18-15(6-10-17-14-4-5-14)13-7-11-19-16(12-13)8-2-1-3-9-16/h13-14,17H,1-12H2. The Bertz CT molecular complexity index is 313. The van der Waals surface area contributed by atoms with E-state index >= 15 is 0 Å². The predicted octanol–water partition coefficient (Wildman–Crippen LogP) is 2.83. The number of rotatable bonds is 5. The van der Waals surface area contributed by atoms with Crippen molar-refractivity contribution in [2.24, 2.45) is 5.92 Å². The molecule has 0 aromatic carbocycles. The molecule has 0 radical (unpaired) electrons. The van der Waals surface area contributed by atoms with Gasteiger partial charge in [-0.25, -0.2) is 0 Å². The third-order valence-corrected chi connectivity index (χ3v) is 5.09. The van der Waals surface area contributed by atoms with Crippen molar-refractivity contribution < 1.29 is 9.53 Å². The van der Waals surface area contributed by atoms with Crippen LogP contribution in [0.1, 0.15) is 64.2 Å². The van der Waals surface area contributed by atoms with Crippen molar-refractivity contribution >= 4 is 5.78 Å². The third kappa shape index (κ3) is 3.57. The lowest BCUT2D eigenvalue weighted by atomic mass is 9.74. The van der Waals surface area contributed by atoms with Crippen molar-refractivity contribution in [1.29, 1.82) is 0 Å². The van der Waals surface area contributed by atoms with Gasteiger partial charge in [-0.3, -0.25) is 4.79 Å². The Hall–Kier alpha value is -0.410. The topological polar surface area (TPSA) is 38.3 Å². The Balaban J connectivity index is 1.47. The zero-order valence-electron chi connectivity index (χ0n) is 12.0. The lowest BCUT2D eigenvalue weighted by molar-refractivity contribution is -0.142.